The van der Waals surface area contributed by atoms with Crippen molar-refractivity contribution < 1.29 is 19.1 Å². The predicted octanol–water partition coefficient (Wildman–Crippen LogP) is 1.77. The van der Waals surface area contributed by atoms with Gasteiger partial charge in [0, 0.05) is 5.92 Å². The molecule has 1 heterocycles. The van der Waals surface area contributed by atoms with Gasteiger partial charge in [-0.25, -0.2) is 0 Å². The van der Waals surface area contributed by atoms with E-state index in [1.165, 1.54) is 7.11 Å². The summed E-state index contributed by atoms with van der Waals surface area (Å²) in [4.78, 5) is 23.7. The summed E-state index contributed by atoms with van der Waals surface area (Å²) in [7, 11) is 1.33. The fraction of sp³-hybridized carbons (Fsp3) is 0.857. The van der Waals surface area contributed by atoms with Crippen molar-refractivity contribution in [3.63, 3.8) is 0 Å². The number of methoxy groups -OCH3 is 1. The molecule has 4 nitrogen and oxygen atoms in total. The second-order valence-corrected chi connectivity index (χ2v) is 6.82. The van der Waals surface area contributed by atoms with Crippen LogP contribution in [-0.4, -0.2) is 24.6 Å². The quantitative estimate of drug-likeness (QED) is 0.527. The normalized spacial score (nSPS) is 47.9. The highest BCUT2D eigenvalue weighted by Crippen LogP contribution is 2.70. The number of hydrogen-bond acceptors (Lipinski definition) is 4. The van der Waals surface area contributed by atoms with Crippen LogP contribution in [0.5, 0.6) is 0 Å². The molecule has 3 fully saturated rings. The number of esters is 2. The van der Waals surface area contributed by atoms with E-state index in [1.807, 2.05) is 6.92 Å². The molecule has 1 aliphatic heterocycles. The topological polar surface area (TPSA) is 52.6 Å². The molecule has 0 radical (unpaired) electrons. The Morgan fingerprint density at radius 3 is 2.56 bits per heavy atom. The van der Waals surface area contributed by atoms with Crippen LogP contribution in [0.1, 0.15) is 33.6 Å². The molecule has 3 rings (SSSR count). The molecular formula is C14H20O4. The van der Waals surface area contributed by atoms with Gasteiger partial charge >= 0.3 is 11.9 Å². The number of hydrogen-bond donors (Lipinski definition) is 0. The third-order valence-corrected chi connectivity index (χ3v) is 5.65. The third kappa shape index (κ3) is 1.32. The van der Waals surface area contributed by atoms with E-state index in [4.69, 9.17) is 9.47 Å². The van der Waals surface area contributed by atoms with Gasteiger partial charge in [-0.1, -0.05) is 13.8 Å². The summed E-state index contributed by atoms with van der Waals surface area (Å²) in [5, 5.41) is 0. The number of ether oxygens (including phenoxy) is 2. The summed E-state index contributed by atoms with van der Waals surface area (Å²) in [5.41, 5.74) is -0.134. The Balaban J connectivity index is 1.90. The predicted molar refractivity (Wildman–Crippen MR) is 63.5 cm³/mol. The summed E-state index contributed by atoms with van der Waals surface area (Å²) in [6, 6.07) is 0. The van der Waals surface area contributed by atoms with Crippen molar-refractivity contribution in [3.8, 4) is 0 Å². The smallest absolute Gasteiger partial charge is 0.321 e. The monoisotopic (exact) mass is 252 g/mol. The first kappa shape index (κ1) is 12.0. The molecule has 0 aromatic heterocycles. The lowest BCUT2D eigenvalue weighted by molar-refractivity contribution is -0.157. The maximum atomic E-state index is 11.9. The molecule has 1 saturated heterocycles. The number of carbonyl (C=O) groups is 2. The van der Waals surface area contributed by atoms with Crippen LogP contribution in [0, 0.1) is 29.1 Å². The Bertz CT molecular complexity index is 428. The lowest BCUT2D eigenvalue weighted by Gasteiger charge is -2.34. The van der Waals surface area contributed by atoms with E-state index in [-0.39, 0.29) is 5.92 Å². The van der Waals surface area contributed by atoms with E-state index in [0.29, 0.717) is 17.3 Å². The Kier molecular flexibility index (Phi) is 2.19. The molecule has 0 unspecified atom stereocenters. The van der Waals surface area contributed by atoms with Crippen molar-refractivity contribution in [2.45, 2.75) is 39.2 Å². The van der Waals surface area contributed by atoms with Crippen molar-refractivity contribution in [1.29, 1.82) is 0 Å². The van der Waals surface area contributed by atoms with Crippen molar-refractivity contribution in [3.05, 3.63) is 0 Å². The van der Waals surface area contributed by atoms with Crippen LogP contribution in [0.15, 0.2) is 0 Å². The second-order valence-electron chi connectivity index (χ2n) is 6.82. The molecule has 2 aliphatic carbocycles. The lowest BCUT2D eigenvalue weighted by Crippen LogP contribution is -2.39. The first-order valence-corrected chi connectivity index (χ1v) is 6.62. The van der Waals surface area contributed by atoms with Gasteiger partial charge in [-0.3, -0.25) is 9.59 Å². The van der Waals surface area contributed by atoms with Gasteiger partial charge in [0.2, 0.25) is 0 Å². The molecule has 0 aromatic carbocycles. The minimum atomic E-state index is -0.711. The Morgan fingerprint density at radius 1 is 1.28 bits per heavy atom. The number of carbonyl (C=O) groups excluding carboxylic acids is 2. The van der Waals surface area contributed by atoms with E-state index in [1.54, 1.807) is 0 Å². The van der Waals surface area contributed by atoms with Gasteiger partial charge in [0.15, 0.2) is 5.92 Å². The fourth-order valence-corrected chi connectivity index (χ4v) is 4.29. The number of fused-ring (bicyclic) bond motifs is 2. The average Bonchev–Trinajstić information content (AvgIpc) is 2.67. The zero-order chi connectivity index (χ0) is 13.3. The largest absolute Gasteiger partial charge is 0.468 e. The van der Waals surface area contributed by atoms with E-state index in [0.717, 1.165) is 12.8 Å². The Hall–Kier alpha value is -1.06. The molecular weight excluding hydrogens is 232 g/mol. The second kappa shape index (κ2) is 3.28. The van der Waals surface area contributed by atoms with Crippen LogP contribution in [0.4, 0.5) is 0 Å². The first-order valence-electron chi connectivity index (χ1n) is 6.62. The molecule has 4 heteroatoms. The Morgan fingerprint density at radius 2 is 1.94 bits per heavy atom. The highest BCUT2D eigenvalue weighted by atomic mass is 16.6. The summed E-state index contributed by atoms with van der Waals surface area (Å²) < 4.78 is 10.3. The van der Waals surface area contributed by atoms with Crippen LogP contribution in [0.25, 0.3) is 0 Å². The summed E-state index contributed by atoms with van der Waals surface area (Å²) >= 11 is 0. The fourth-order valence-electron chi connectivity index (χ4n) is 4.29. The minimum Gasteiger partial charge on any atom is -0.468 e. The standard InChI is InChI=1S/C14H20O4/c1-13(2)7-5-8-10(11(15)17-4)12(16)18-14(8,3)6-9(7)13/h7-10H,5-6H2,1-4H3/t7-,8+,9+,10-,14+/m1/s1. The zero-order valence-corrected chi connectivity index (χ0v) is 11.4. The van der Waals surface area contributed by atoms with Crippen molar-refractivity contribution in [1.82, 2.24) is 0 Å². The zero-order valence-electron chi connectivity index (χ0n) is 11.4. The molecule has 0 spiro atoms. The van der Waals surface area contributed by atoms with E-state index >= 15 is 0 Å². The molecule has 0 N–H and O–H groups in total. The van der Waals surface area contributed by atoms with Gasteiger partial charge in [0.1, 0.15) is 5.60 Å². The minimum absolute atomic E-state index is 0.0134. The van der Waals surface area contributed by atoms with Gasteiger partial charge in [-0.15, -0.1) is 0 Å². The maximum absolute atomic E-state index is 11.9. The van der Waals surface area contributed by atoms with Crippen molar-refractivity contribution >= 4 is 11.9 Å². The van der Waals surface area contributed by atoms with E-state index < -0.39 is 23.5 Å². The highest BCUT2D eigenvalue weighted by Gasteiger charge is 2.69. The summed E-state index contributed by atoms with van der Waals surface area (Å²) in [6.07, 6.45) is 1.79. The summed E-state index contributed by atoms with van der Waals surface area (Å²) in [6.45, 7) is 6.51. The van der Waals surface area contributed by atoms with Crippen LogP contribution in [0.2, 0.25) is 0 Å². The van der Waals surface area contributed by atoms with Crippen LogP contribution >= 0.6 is 0 Å². The molecule has 3 aliphatic rings. The Labute approximate surface area is 107 Å². The SMILES string of the molecule is COC(=O)[C@@H]1C(=O)O[C@@]2(C)C[C@H]3[C@@H](C[C@@H]12)C3(C)C. The van der Waals surface area contributed by atoms with Gasteiger partial charge in [0.25, 0.3) is 0 Å². The lowest BCUT2D eigenvalue weighted by atomic mass is 9.72. The molecule has 5 atom stereocenters. The maximum Gasteiger partial charge on any atom is 0.321 e. The highest BCUT2D eigenvalue weighted by molar-refractivity contribution is 5.97. The molecule has 0 bridgehead atoms. The van der Waals surface area contributed by atoms with E-state index in [2.05, 4.69) is 13.8 Å². The van der Waals surface area contributed by atoms with Crippen LogP contribution in [-0.2, 0) is 19.1 Å². The van der Waals surface area contributed by atoms with Crippen LogP contribution < -0.4 is 0 Å². The van der Waals surface area contributed by atoms with Gasteiger partial charge in [-0.05, 0) is 37.0 Å². The third-order valence-electron chi connectivity index (χ3n) is 5.65. The van der Waals surface area contributed by atoms with Gasteiger partial charge in [-0.2, -0.15) is 0 Å². The first-order chi connectivity index (χ1) is 8.31. The van der Waals surface area contributed by atoms with E-state index in [9.17, 15) is 9.59 Å². The molecule has 0 aromatic rings. The van der Waals surface area contributed by atoms with Crippen molar-refractivity contribution in [2.75, 3.05) is 7.11 Å². The van der Waals surface area contributed by atoms with Gasteiger partial charge in [0.05, 0.1) is 7.11 Å². The molecule has 0 amide bonds. The van der Waals surface area contributed by atoms with Gasteiger partial charge < -0.3 is 9.47 Å². The molecule has 2 saturated carbocycles. The van der Waals surface area contributed by atoms with Crippen LogP contribution in [0.3, 0.4) is 0 Å². The molecule has 18 heavy (non-hydrogen) atoms. The average molecular weight is 252 g/mol. The summed E-state index contributed by atoms with van der Waals surface area (Å²) in [5.74, 6) is -0.308. The van der Waals surface area contributed by atoms with Crippen molar-refractivity contribution in [2.24, 2.45) is 29.1 Å². The molecule has 100 valence electrons. The number of rotatable bonds is 1.